The van der Waals surface area contributed by atoms with Gasteiger partial charge in [-0.1, -0.05) is 269 Å². The van der Waals surface area contributed by atoms with Gasteiger partial charge in [-0.3, -0.25) is 0 Å². The molecule has 5 aliphatic rings. The molecule has 0 amide bonds. The SMILES string of the molecule is [2H]c1c([2H])c([2H])c(-c2c([2H])c([2H])c3c(c2[2H])N(c2c(-c4ccccc4)cccc2-c2ccccc2)c2cc(C(C)(C)C)cc4c2B3c2c3c5c(c([2H])c2N4c2c(-c4ccccc4)cccc2-c2ccccc2)-n2c4c([2H])c([2H])c([2H])c([2H])c4c4c([2H])c([2H])c6c(c42)B5c2c(c([2H])c(-c4ccccc4)c([2H])c2O6)O3)c([2H])c1[2H]. The Morgan fingerprint density at radius 1 is 0.347 bits per heavy atom. The van der Waals surface area contributed by atoms with Crippen molar-refractivity contribution in [2.45, 2.75) is 26.2 Å². The molecule has 0 N–H and O–H groups in total. The number of benzene rings is 14. The summed E-state index contributed by atoms with van der Waals surface area (Å²) in [5.74, 6) is -0.382. The number of hydrogen-bond acceptors (Lipinski definition) is 4. The number of aromatic nitrogens is 1. The van der Waals surface area contributed by atoms with Gasteiger partial charge in [0.05, 0.1) is 45.7 Å². The highest BCUT2D eigenvalue weighted by molar-refractivity contribution is 7.04. The van der Waals surface area contributed by atoms with Crippen LogP contribution in [-0.4, -0.2) is 18.0 Å². The standard InChI is InChI=1S/C88H59B2N3O2/c1-88(2,3)62-51-72-79-73(52-62)93(85-65(58-34-18-8-19-35-58)41-25-42-66(85)59-36-20-9-21-37-59)74-53-75-81-87(95-78-50-61(55-28-12-5-13-29-55)49-77-82(78)90(81)83-76(94-77)47-45-68-67-38-22-23-43-70(67)91(75)86(68)83)80(74)89(79)69-46-44-60(54-26-10-4-11-27-54)48-71(69)92(72)84-63(56-30-14-6-15-31-56)39-24-40-64(84)57-32-16-7-17-33-57/h4-53H,1-3H3/i4D,10D,11D,22D,23D,26D,27D,38D,43D,44D,45D,46D,47D,48D,49D,50D,53D. The van der Waals surface area contributed by atoms with Gasteiger partial charge in [-0.25, -0.2) is 0 Å². The first-order valence-corrected chi connectivity index (χ1v) is 31.8. The zero-order valence-corrected chi connectivity index (χ0v) is 51.4. The first-order valence-electron chi connectivity index (χ1n) is 40.3. The smallest absolute Gasteiger partial charge is 0.266 e. The largest absolute Gasteiger partial charge is 0.459 e. The van der Waals surface area contributed by atoms with E-state index < -0.39 is 115 Å². The molecule has 0 atom stereocenters. The molecule has 95 heavy (non-hydrogen) atoms. The van der Waals surface area contributed by atoms with Gasteiger partial charge in [0.2, 0.25) is 0 Å². The first kappa shape index (κ1) is 39.6. The second-order valence-corrected chi connectivity index (χ2v) is 25.6. The van der Waals surface area contributed by atoms with Crippen LogP contribution >= 0.6 is 0 Å². The minimum Gasteiger partial charge on any atom is -0.459 e. The second kappa shape index (κ2) is 20.4. The summed E-state index contributed by atoms with van der Waals surface area (Å²) in [7, 11) is 0. The van der Waals surface area contributed by atoms with Crippen molar-refractivity contribution in [1.82, 2.24) is 4.57 Å². The third-order valence-corrected chi connectivity index (χ3v) is 19.4. The van der Waals surface area contributed by atoms with Gasteiger partial charge in [-0.05, 0) is 137 Å². The van der Waals surface area contributed by atoms with Gasteiger partial charge in [0, 0.05) is 66.9 Å². The zero-order valence-electron chi connectivity index (χ0n) is 68.4. The monoisotopic (exact) mass is 1230 g/mol. The van der Waals surface area contributed by atoms with Crippen LogP contribution in [-0.2, 0) is 5.41 Å². The number of hydrogen-bond donors (Lipinski definition) is 0. The molecule has 6 heterocycles. The van der Waals surface area contributed by atoms with E-state index >= 15 is 0 Å². The van der Waals surface area contributed by atoms with Crippen LogP contribution in [0.5, 0.6) is 23.0 Å². The maximum Gasteiger partial charge on any atom is 0.266 e. The fraction of sp³-hybridized carbons (Fsp3) is 0.0455. The summed E-state index contributed by atoms with van der Waals surface area (Å²) in [5, 5.41) is -0.128. The molecule has 14 aromatic carbocycles. The van der Waals surface area contributed by atoms with Crippen molar-refractivity contribution >= 4 is 102 Å². The summed E-state index contributed by atoms with van der Waals surface area (Å²) in [6.45, 7) is 3.50. The predicted octanol–water partition coefficient (Wildman–Crippen LogP) is 19.2. The lowest BCUT2D eigenvalue weighted by Crippen LogP contribution is -2.66. The Morgan fingerprint density at radius 3 is 1.43 bits per heavy atom. The third kappa shape index (κ3) is 7.87. The van der Waals surface area contributed by atoms with E-state index in [4.69, 9.17) is 10.8 Å². The van der Waals surface area contributed by atoms with Crippen molar-refractivity contribution in [3.63, 3.8) is 0 Å². The van der Waals surface area contributed by atoms with Crippen LogP contribution < -0.4 is 52.1 Å². The lowest BCUT2D eigenvalue weighted by molar-refractivity contribution is 0.466. The van der Waals surface area contributed by atoms with Crippen molar-refractivity contribution in [2.75, 3.05) is 9.80 Å². The Kier molecular flexibility index (Phi) is 8.48. The molecule has 0 aliphatic carbocycles. The number of fused-ring (bicyclic) bond motifs is 9. The molecular weight excluding hydrogens is 1150 g/mol. The van der Waals surface area contributed by atoms with Crippen LogP contribution in [0.3, 0.4) is 0 Å². The van der Waals surface area contributed by atoms with Crippen LogP contribution in [0.2, 0.25) is 0 Å². The Hall–Kier alpha value is -11.8. The number of rotatable bonds is 8. The molecule has 20 rings (SSSR count). The topological polar surface area (TPSA) is 29.9 Å². The molecule has 0 unspecified atom stereocenters. The van der Waals surface area contributed by atoms with Gasteiger partial charge < -0.3 is 23.8 Å². The van der Waals surface area contributed by atoms with E-state index in [0.717, 1.165) is 27.8 Å². The van der Waals surface area contributed by atoms with Gasteiger partial charge >= 0.3 is 0 Å². The Bertz CT molecular complexity index is 6640. The molecule has 0 radical (unpaired) electrons. The van der Waals surface area contributed by atoms with Crippen LogP contribution in [0.1, 0.15) is 49.6 Å². The fourth-order valence-electron chi connectivity index (χ4n) is 15.3. The van der Waals surface area contributed by atoms with E-state index in [2.05, 4.69) is 37.8 Å². The lowest BCUT2D eigenvalue weighted by Gasteiger charge is -2.48. The summed E-state index contributed by atoms with van der Waals surface area (Å²) in [6.07, 6.45) is 0. The molecule has 1 aromatic heterocycles. The summed E-state index contributed by atoms with van der Waals surface area (Å²) in [4.78, 5) is 4.01. The zero-order chi connectivity index (χ0) is 77.6. The minimum atomic E-state index is -1.45. The van der Waals surface area contributed by atoms with Gasteiger partial charge in [0.15, 0.2) is 0 Å². The predicted molar refractivity (Wildman–Crippen MR) is 397 cm³/mol. The van der Waals surface area contributed by atoms with Crippen molar-refractivity contribution < 1.29 is 32.8 Å². The van der Waals surface area contributed by atoms with Gasteiger partial charge in [0.25, 0.3) is 13.4 Å². The van der Waals surface area contributed by atoms with Crippen molar-refractivity contribution in [1.29, 1.82) is 0 Å². The average Bonchev–Trinajstić information content (AvgIpc) is 1.25. The highest BCUT2D eigenvalue weighted by Crippen LogP contribution is 2.56. The van der Waals surface area contributed by atoms with Crippen LogP contribution in [0, 0.1) is 0 Å². The average molecular weight is 1230 g/mol. The highest BCUT2D eigenvalue weighted by Gasteiger charge is 2.53. The van der Waals surface area contributed by atoms with Crippen LogP contribution in [0.15, 0.2) is 303 Å². The normalized spacial score (nSPS) is 15.8. The van der Waals surface area contributed by atoms with Gasteiger partial charge in [0.1, 0.15) is 23.0 Å². The molecule has 0 fully saturated rings. The molecule has 0 saturated carbocycles. The summed E-state index contributed by atoms with van der Waals surface area (Å²) < 4.78 is 189. The lowest BCUT2D eigenvalue weighted by atomic mass is 9.29. The van der Waals surface area contributed by atoms with E-state index in [-0.39, 0.29) is 113 Å². The molecule has 0 spiro atoms. The Balaban J connectivity index is 1.07. The third-order valence-electron chi connectivity index (χ3n) is 19.4. The molecule has 5 aliphatic heterocycles. The van der Waals surface area contributed by atoms with Crippen LogP contribution in [0.4, 0.5) is 34.1 Å². The van der Waals surface area contributed by atoms with Gasteiger partial charge in [-0.2, -0.15) is 0 Å². The molecule has 444 valence electrons. The molecule has 0 bridgehead atoms. The summed E-state index contributed by atoms with van der Waals surface area (Å²) in [6, 6.07) is 54.9. The Morgan fingerprint density at radius 2 is 0.863 bits per heavy atom. The van der Waals surface area contributed by atoms with E-state index in [1.54, 1.807) is 28.8 Å². The summed E-state index contributed by atoms with van der Waals surface area (Å²) in [5.41, 5.74) is 8.48. The Labute approximate surface area is 577 Å². The molecule has 5 nitrogen and oxygen atoms in total. The van der Waals surface area contributed by atoms with Gasteiger partial charge in [-0.15, -0.1) is 0 Å². The molecular formula is C88H59B2N3O2. The van der Waals surface area contributed by atoms with Crippen molar-refractivity contribution in [3.05, 3.63) is 308 Å². The van der Waals surface area contributed by atoms with E-state index in [1.165, 1.54) is 0 Å². The van der Waals surface area contributed by atoms with Crippen LogP contribution in [0.25, 0.3) is 94.3 Å². The van der Waals surface area contributed by atoms with Crippen molar-refractivity contribution in [2.24, 2.45) is 0 Å². The highest BCUT2D eigenvalue weighted by atomic mass is 16.5. The number of ether oxygens (including phenoxy) is 2. The fourth-order valence-corrected chi connectivity index (χ4v) is 15.3. The van der Waals surface area contributed by atoms with E-state index in [1.807, 2.05) is 169 Å². The molecule has 15 aromatic rings. The van der Waals surface area contributed by atoms with E-state index in [0.29, 0.717) is 56.0 Å². The second-order valence-electron chi connectivity index (χ2n) is 25.6. The minimum absolute atomic E-state index is 0.00753. The number of anilines is 6. The molecule has 0 saturated heterocycles. The maximum absolute atomic E-state index is 12.1. The maximum atomic E-state index is 12.1. The molecule has 7 heteroatoms. The quantitative estimate of drug-likeness (QED) is 0.142. The van der Waals surface area contributed by atoms with Crippen molar-refractivity contribution in [3.8, 4) is 95.4 Å². The van der Waals surface area contributed by atoms with E-state index in [9.17, 15) is 21.9 Å². The first-order chi connectivity index (χ1) is 53.9. The number of nitrogens with zero attached hydrogens (tertiary/aromatic N) is 3. The number of para-hydroxylation sites is 3. The summed E-state index contributed by atoms with van der Waals surface area (Å²) >= 11 is 0.